The van der Waals surface area contributed by atoms with Crippen molar-refractivity contribution in [3.05, 3.63) is 21.9 Å². The molecule has 0 aliphatic carbocycles. The Morgan fingerprint density at radius 2 is 2.30 bits per heavy atom. The molecule has 2 atom stereocenters. The van der Waals surface area contributed by atoms with E-state index in [2.05, 4.69) is 0 Å². The maximum Gasteiger partial charge on any atom is 0.331 e. The molecule has 1 aromatic heterocycles. The van der Waals surface area contributed by atoms with Gasteiger partial charge in [0.25, 0.3) is 5.91 Å². The minimum atomic E-state index is -0.993. The third kappa shape index (κ3) is 2.33. The monoisotopic (exact) mass is 297 g/mol. The van der Waals surface area contributed by atoms with Crippen molar-refractivity contribution in [1.82, 2.24) is 4.90 Å². The molecule has 0 spiro atoms. The SMILES string of the molecule is CCC(C)(OC)C(=O)N1CCc2sccc2C1C(=O)O. The van der Waals surface area contributed by atoms with Gasteiger partial charge in [0.05, 0.1) is 0 Å². The number of carbonyl (C=O) groups is 2. The number of carbonyl (C=O) groups excluding carboxylic acids is 1. The van der Waals surface area contributed by atoms with E-state index in [1.165, 1.54) is 12.0 Å². The molecule has 2 rings (SSSR count). The average Bonchev–Trinajstić information content (AvgIpc) is 2.92. The fourth-order valence-corrected chi connectivity index (χ4v) is 3.39. The molecule has 6 heteroatoms. The molecule has 1 aromatic rings. The lowest BCUT2D eigenvalue weighted by Gasteiger charge is -2.38. The number of ether oxygens (including phenoxy) is 1. The molecule has 20 heavy (non-hydrogen) atoms. The lowest BCUT2D eigenvalue weighted by atomic mass is 9.95. The molecule has 0 fully saturated rings. The number of thiophene rings is 1. The summed E-state index contributed by atoms with van der Waals surface area (Å²) in [5, 5.41) is 11.4. The fourth-order valence-electron chi connectivity index (χ4n) is 2.49. The Hall–Kier alpha value is -1.40. The van der Waals surface area contributed by atoms with Crippen molar-refractivity contribution >= 4 is 23.2 Å². The van der Waals surface area contributed by atoms with Gasteiger partial charge in [-0.3, -0.25) is 4.79 Å². The first-order valence-corrected chi connectivity index (χ1v) is 7.48. The van der Waals surface area contributed by atoms with Crippen LogP contribution in [0.4, 0.5) is 0 Å². The molecular weight excluding hydrogens is 278 g/mol. The molecular formula is C14H19NO4S. The quantitative estimate of drug-likeness (QED) is 0.924. The van der Waals surface area contributed by atoms with Crippen LogP contribution in [0.1, 0.15) is 36.8 Å². The van der Waals surface area contributed by atoms with E-state index in [-0.39, 0.29) is 5.91 Å². The van der Waals surface area contributed by atoms with Gasteiger partial charge in [-0.1, -0.05) is 6.92 Å². The maximum absolute atomic E-state index is 12.7. The number of carboxylic acids is 1. The maximum atomic E-state index is 12.7. The smallest absolute Gasteiger partial charge is 0.331 e. The standard InChI is InChI=1S/C14H19NO4S/c1-4-14(2,19-3)13(18)15-7-5-10-9(6-8-20-10)11(15)12(16)17/h6,8,11H,4-5,7H2,1-3H3,(H,16,17). The molecule has 2 unspecified atom stereocenters. The summed E-state index contributed by atoms with van der Waals surface area (Å²) in [4.78, 5) is 26.8. The van der Waals surface area contributed by atoms with Crippen LogP contribution in [0.25, 0.3) is 0 Å². The number of methoxy groups -OCH3 is 1. The van der Waals surface area contributed by atoms with Crippen LogP contribution in [-0.2, 0) is 20.7 Å². The lowest BCUT2D eigenvalue weighted by molar-refractivity contribution is -0.163. The first-order chi connectivity index (χ1) is 9.44. The van der Waals surface area contributed by atoms with Crippen molar-refractivity contribution < 1.29 is 19.4 Å². The van der Waals surface area contributed by atoms with Gasteiger partial charge in [-0.05, 0) is 36.8 Å². The molecule has 1 aliphatic rings. The Balaban J connectivity index is 2.37. The van der Waals surface area contributed by atoms with Gasteiger partial charge in [-0.25, -0.2) is 4.79 Å². The van der Waals surface area contributed by atoms with Crippen LogP contribution in [0.5, 0.6) is 0 Å². The number of hydrogen-bond donors (Lipinski definition) is 1. The van der Waals surface area contributed by atoms with E-state index in [4.69, 9.17) is 4.74 Å². The summed E-state index contributed by atoms with van der Waals surface area (Å²) in [7, 11) is 1.48. The largest absolute Gasteiger partial charge is 0.479 e. The zero-order valence-electron chi connectivity index (χ0n) is 11.9. The highest BCUT2D eigenvalue weighted by Gasteiger charge is 2.43. The van der Waals surface area contributed by atoms with E-state index >= 15 is 0 Å². The Morgan fingerprint density at radius 1 is 1.60 bits per heavy atom. The second-order valence-corrected chi connectivity index (χ2v) is 6.08. The van der Waals surface area contributed by atoms with Crippen LogP contribution >= 0.6 is 11.3 Å². The van der Waals surface area contributed by atoms with E-state index in [1.807, 2.05) is 12.3 Å². The molecule has 1 amide bonds. The zero-order chi connectivity index (χ0) is 14.9. The number of nitrogens with zero attached hydrogens (tertiary/aromatic N) is 1. The molecule has 0 saturated carbocycles. The van der Waals surface area contributed by atoms with Crippen LogP contribution in [0.3, 0.4) is 0 Å². The molecule has 110 valence electrons. The topological polar surface area (TPSA) is 66.8 Å². The summed E-state index contributed by atoms with van der Waals surface area (Å²) >= 11 is 1.55. The molecule has 1 N–H and O–H groups in total. The first-order valence-electron chi connectivity index (χ1n) is 6.60. The number of amides is 1. The summed E-state index contributed by atoms with van der Waals surface area (Å²) in [6.45, 7) is 3.98. The van der Waals surface area contributed by atoms with Crippen molar-refractivity contribution in [3.63, 3.8) is 0 Å². The van der Waals surface area contributed by atoms with Crippen molar-refractivity contribution in [2.75, 3.05) is 13.7 Å². The lowest BCUT2D eigenvalue weighted by Crippen LogP contribution is -2.52. The van der Waals surface area contributed by atoms with Gasteiger partial charge in [0.2, 0.25) is 0 Å². The van der Waals surface area contributed by atoms with Crippen LogP contribution < -0.4 is 0 Å². The Labute approximate surface area is 122 Å². The Bertz CT molecular complexity index is 521. The normalized spacial score (nSPS) is 21.1. The number of hydrogen-bond acceptors (Lipinski definition) is 4. The van der Waals surface area contributed by atoms with Crippen molar-refractivity contribution in [1.29, 1.82) is 0 Å². The van der Waals surface area contributed by atoms with Gasteiger partial charge in [-0.2, -0.15) is 0 Å². The minimum absolute atomic E-state index is 0.258. The third-order valence-electron chi connectivity index (χ3n) is 4.04. The number of rotatable bonds is 4. The zero-order valence-corrected chi connectivity index (χ0v) is 12.7. The highest BCUT2D eigenvalue weighted by atomic mass is 32.1. The highest BCUT2D eigenvalue weighted by molar-refractivity contribution is 7.10. The van der Waals surface area contributed by atoms with Gasteiger partial charge in [0, 0.05) is 18.5 Å². The second kappa shape index (κ2) is 5.54. The van der Waals surface area contributed by atoms with Crippen LogP contribution in [0.2, 0.25) is 0 Å². The van der Waals surface area contributed by atoms with Crippen molar-refractivity contribution in [2.45, 2.75) is 38.3 Å². The van der Waals surface area contributed by atoms with Gasteiger partial charge < -0.3 is 14.7 Å². The van der Waals surface area contributed by atoms with Gasteiger partial charge in [-0.15, -0.1) is 11.3 Å². The third-order valence-corrected chi connectivity index (χ3v) is 5.03. The summed E-state index contributed by atoms with van der Waals surface area (Å²) in [5.41, 5.74) is -0.238. The average molecular weight is 297 g/mol. The molecule has 0 radical (unpaired) electrons. The summed E-state index contributed by atoms with van der Waals surface area (Å²) < 4.78 is 5.32. The predicted octanol–water partition coefficient (Wildman–Crippen LogP) is 2.07. The van der Waals surface area contributed by atoms with E-state index < -0.39 is 17.6 Å². The van der Waals surface area contributed by atoms with Crippen molar-refractivity contribution in [3.8, 4) is 0 Å². The van der Waals surface area contributed by atoms with Gasteiger partial charge >= 0.3 is 5.97 Å². The van der Waals surface area contributed by atoms with E-state index in [9.17, 15) is 14.7 Å². The number of carboxylic acid groups (broad SMARTS) is 1. The van der Waals surface area contributed by atoms with E-state index in [1.54, 1.807) is 24.3 Å². The van der Waals surface area contributed by atoms with Crippen LogP contribution in [-0.4, -0.2) is 41.1 Å². The summed E-state index contributed by atoms with van der Waals surface area (Å²) in [5.74, 6) is -1.25. The molecule has 2 heterocycles. The van der Waals surface area contributed by atoms with Crippen LogP contribution in [0, 0.1) is 0 Å². The minimum Gasteiger partial charge on any atom is -0.479 e. The molecule has 0 bridgehead atoms. The number of aliphatic carboxylic acids is 1. The predicted molar refractivity (Wildman–Crippen MR) is 75.8 cm³/mol. The second-order valence-electron chi connectivity index (χ2n) is 5.08. The van der Waals surface area contributed by atoms with Gasteiger partial charge in [0.15, 0.2) is 6.04 Å². The van der Waals surface area contributed by atoms with Crippen molar-refractivity contribution in [2.24, 2.45) is 0 Å². The van der Waals surface area contributed by atoms with Gasteiger partial charge in [0.1, 0.15) is 5.60 Å². The molecule has 1 aliphatic heterocycles. The Morgan fingerprint density at radius 3 is 2.85 bits per heavy atom. The molecule has 0 aromatic carbocycles. The molecule has 5 nitrogen and oxygen atoms in total. The van der Waals surface area contributed by atoms with E-state index in [0.29, 0.717) is 19.4 Å². The fraction of sp³-hybridized carbons (Fsp3) is 0.571. The van der Waals surface area contributed by atoms with Crippen LogP contribution in [0.15, 0.2) is 11.4 Å². The Kier molecular flexibility index (Phi) is 4.15. The van der Waals surface area contributed by atoms with E-state index in [0.717, 1.165) is 10.4 Å². The summed E-state index contributed by atoms with van der Waals surface area (Å²) in [6.07, 6.45) is 1.20. The highest BCUT2D eigenvalue weighted by Crippen LogP contribution is 2.35. The molecule has 0 saturated heterocycles. The summed E-state index contributed by atoms with van der Waals surface area (Å²) in [6, 6.07) is 0.896. The number of fused-ring (bicyclic) bond motifs is 1. The first kappa shape index (κ1) is 15.0.